The molecule has 132 valence electrons. The van der Waals surface area contributed by atoms with E-state index in [1.807, 2.05) is 0 Å². The second-order valence-electron chi connectivity index (χ2n) is 6.63. The summed E-state index contributed by atoms with van der Waals surface area (Å²) in [7, 11) is 1.36. The number of halogens is 1. The van der Waals surface area contributed by atoms with Crippen molar-refractivity contribution in [2.45, 2.75) is 45.4 Å². The lowest BCUT2D eigenvalue weighted by atomic mass is 9.67. The van der Waals surface area contributed by atoms with E-state index < -0.39 is 17.2 Å². The number of amides is 1. The quantitative estimate of drug-likeness (QED) is 0.827. The van der Waals surface area contributed by atoms with Crippen LogP contribution in [0.4, 0.5) is 10.1 Å². The van der Waals surface area contributed by atoms with Crippen molar-refractivity contribution >= 4 is 17.6 Å². The van der Waals surface area contributed by atoms with Gasteiger partial charge in [0.1, 0.15) is 0 Å². The SMILES string of the molecule is COc1ccc(NC(=O)C(C)(CC(=O)O)C2CCCCC2)cc1F. The predicted octanol–water partition coefficient (Wildman–Crippen LogP) is 3.83. The lowest BCUT2D eigenvalue weighted by molar-refractivity contribution is -0.145. The summed E-state index contributed by atoms with van der Waals surface area (Å²) in [5.41, 5.74) is -0.714. The second kappa shape index (κ2) is 7.64. The third kappa shape index (κ3) is 4.04. The van der Waals surface area contributed by atoms with Crippen LogP contribution in [-0.2, 0) is 9.59 Å². The van der Waals surface area contributed by atoms with E-state index in [4.69, 9.17) is 4.74 Å². The zero-order valence-corrected chi connectivity index (χ0v) is 14.1. The van der Waals surface area contributed by atoms with Crippen LogP contribution in [0.2, 0.25) is 0 Å². The van der Waals surface area contributed by atoms with Crippen LogP contribution in [0.25, 0.3) is 0 Å². The lowest BCUT2D eigenvalue weighted by Crippen LogP contribution is -2.42. The first-order valence-corrected chi connectivity index (χ1v) is 8.23. The molecule has 1 saturated carbocycles. The Hall–Kier alpha value is -2.11. The molecule has 2 N–H and O–H groups in total. The van der Waals surface area contributed by atoms with Crippen molar-refractivity contribution in [3.63, 3.8) is 0 Å². The molecule has 0 spiro atoms. The summed E-state index contributed by atoms with van der Waals surface area (Å²) in [5, 5.41) is 11.9. The Balaban J connectivity index is 2.20. The highest BCUT2D eigenvalue weighted by Gasteiger charge is 2.43. The number of carbonyl (C=O) groups is 2. The molecular weight excluding hydrogens is 313 g/mol. The maximum atomic E-state index is 13.8. The summed E-state index contributed by atoms with van der Waals surface area (Å²) in [6, 6.07) is 4.15. The van der Waals surface area contributed by atoms with Gasteiger partial charge in [-0.15, -0.1) is 0 Å². The largest absolute Gasteiger partial charge is 0.494 e. The third-order valence-corrected chi connectivity index (χ3v) is 4.95. The van der Waals surface area contributed by atoms with Crippen molar-refractivity contribution in [2.24, 2.45) is 11.3 Å². The van der Waals surface area contributed by atoms with Crippen molar-refractivity contribution in [1.29, 1.82) is 0 Å². The predicted molar refractivity (Wildman–Crippen MR) is 88.5 cm³/mol. The molecule has 1 aliphatic rings. The Morgan fingerprint density at radius 1 is 1.33 bits per heavy atom. The first-order chi connectivity index (χ1) is 11.4. The monoisotopic (exact) mass is 337 g/mol. The van der Waals surface area contributed by atoms with Crippen LogP contribution in [0.3, 0.4) is 0 Å². The molecular formula is C18H24FNO4. The molecule has 0 aliphatic heterocycles. The average Bonchev–Trinajstić information content (AvgIpc) is 2.55. The van der Waals surface area contributed by atoms with E-state index in [1.165, 1.54) is 19.2 Å². The minimum atomic E-state index is -1.01. The summed E-state index contributed by atoms with van der Waals surface area (Å²) in [6.45, 7) is 1.70. The molecule has 1 unspecified atom stereocenters. The van der Waals surface area contributed by atoms with Gasteiger partial charge in [-0.3, -0.25) is 9.59 Å². The smallest absolute Gasteiger partial charge is 0.304 e. The van der Waals surface area contributed by atoms with E-state index in [9.17, 15) is 19.1 Å². The number of hydrogen-bond acceptors (Lipinski definition) is 3. The summed E-state index contributed by atoms with van der Waals surface area (Å²) < 4.78 is 18.6. The van der Waals surface area contributed by atoms with Gasteiger partial charge in [0, 0.05) is 11.8 Å². The molecule has 2 rings (SSSR count). The summed E-state index contributed by atoms with van der Waals surface area (Å²) >= 11 is 0. The number of aliphatic carboxylic acids is 1. The minimum absolute atomic E-state index is 0.0189. The van der Waals surface area contributed by atoms with Crippen LogP contribution < -0.4 is 10.1 Å². The maximum absolute atomic E-state index is 13.8. The molecule has 6 heteroatoms. The third-order valence-electron chi connectivity index (χ3n) is 4.95. The maximum Gasteiger partial charge on any atom is 0.304 e. The number of benzene rings is 1. The van der Waals surface area contributed by atoms with Crippen molar-refractivity contribution in [1.82, 2.24) is 0 Å². The van der Waals surface area contributed by atoms with Crippen molar-refractivity contribution < 1.29 is 23.8 Å². The van der Waals surface area contributed by atoms with Gasteiger partial charge in [0.05, 0.1) is 18.9 Å². The lowest BCUT2D eigenvalue weighted by Gasteiger charge is -2.37. The van der Waals surface area contributed by atoms with Crippen molar-refractivity contribution in [2.75, 3.05) is 12.4 Å². The van der Waals surface area contributed by atoms with Gasteiger partial charge in [0.15, 0.2) is 11.6 Å². The first-order valence-electron chi connectivity index (χ1n) is 8.23. The molecule has 1 aliphatic carbocycles. The van der Waals surface area contributed by atoms with Crippen molar-refractivity contribution in [3.8, 4) is 5.75 Å². The molecule has 1 aromatic rings. The standard InChI is InChI=1S/C18H24FNO4/c1-18(11-16(21)22,12-6-4-3-5-7-12)17(23)20-13-8-9-15(24-2)14(19)10-13/h8-10,12H,3-7,11H2,1-2H3,(H,20,23)(H,21,22). The average molecular weight is 337 g/mol. The van der Waals surface area contributed by atoms with Crippen molar-refractivity contribution in [3.05, 3.63) is 24.0 Å². The fraction of sp³-hybridized carbons (Fsp3) is 0.556. The Kier molecular flexibility index (Phi) is 5.80. The molecule has 5 nitrogen and oxygen atoms in total. The van der Waals surface area contributed by atoms with Gasteiger partial charge >= 0.3 is 5.97 Å². The van der Waals surface area contributed by atoms with E-state index in [0.29, 0.717) is 5.69 Å². The summed E-state index contributed by atoms with van der Waals surface area (Å²) in [5.74, 6) is -1.84. The van der Waals surface area contributed by atoms with Crippen LogP contribution in [0, 0.1) is 17.2 Å². The number of carbonyl (C=O) groups excluding carboxylic acids is 1. The van der Waals surface area contributed by atoms with Crippen LogP contribution in [0.5, 0.6) is 5.75 Å². The van der Waals surface area contributed by atoms with Gasteiger partial charge in [-0.05, 0) is 37.8 Å². The van der Waals surface area contributed by atoms with E-state index in [1.54, 1.807) is 13.0 Å². The van der Waals surface area contributed by atoms with Gasteiger partial charge in [0.2, 0.25) is 5.91 Å². The molecule has 0 radical (unpaired) electrons. The molecule has 0 saturated heterocycles. The molecule has 1 aromatic carbocycles. The van der Waals surface area contributed by atoms with E-state index >= 15 is 0 Å². The summed E-state index contributed by atoms with van der Waals surface area (Å²) in [6.07, 6.45) is 4.57. The highest BCUT2D eigenvalue weighted by Crippen LogP contribution is 2.42. The van der Waals surface area contributed by atoms with Gasteiger partial charge in [-0.1, -0.05) is 19.3 Å². The molecule has 0 heterocycles. The second-order valence-corrected chi connectivity index (χ2v) is 6.63. The number of anilines is 1. The van der Waals surface area contributed by atoms with Crippen LogP contribution in [0.15, 0.2) is 18.2 Å². The molecule has 1 atom stereocenters. The zero-order chi connectivity index (χ0) is 17.7. The van der Waals surface area contributed by atoms with Gasteiger partial charge in [-0.2, -0.15) is 0 Å². The summed E-state index contributed by atoms with van der Waals surface area (Å²) in [4.78, 5) is 24.1. The zero-order valence-electron chi connectivity index (χ0n) is 14.1. The number of carboxylic acids is 1. The Labute approximate surface area is 141 Å². The van der Waals surface area contributed by atoms with E-state index in [2.05, 4.69) is 5.32 Å². The van der Waals surface area contributed by atoms with Crippen LogP contribution in [-0.4, -0.2) is 24.1 Å². The number of rotatable bonds is 6. The molecule has 1 fully saturated rings. The fourth-order valence-corrected chi connectivity index (χ4v) is 3.48. The van der Waals surface area contributed by atoms with Gasteiger partial charge in [-0.25, -0.2) is 4.39 Å². The molecule has 0 aromatic heterocycles. The highest BCUT2D eigenvalue weighted by atomic mass is 19.1. The van der Waals surface area contributed by atoms with Gasteiger partial charge < -0.3 is 15.2 Å². The minimum Gasteiger partial charge on any atom is -0.494 e. The Morgan fingerprint density at radius 3 is 2.54 bits per heavy atom. The molecule has 1 amide bonds. The molecule has 24 heavy (non-hydrogen) atoms. The van der Waals surface area contributed by atoms with Crippen LogP contribution in [0.1, 0.15) is 45.4 Å². The Bertz CT molecular complexity index is 613. The number of ether oxygens (including phenoxy) is 1. The fourth-order valence-electron chi connectivity index (χ4n) is 3.48. The number of hydrogen-bond donors (Lipinski definition) is 2. The van der Waals surface area contributed by atoms with Crippen LogP contribution >= 0.6 is 0 Å². The highest BCUT2D eigenvalue weighted by molar-refractivity contribution is 5.97. The Morgan fingerprint density at radius 2 is 2.00 bits per heavy atom. The normalized spacial score (nSPS) is 17.8. The number of methoxy groups -OCH3 is 1. The van der Waals surface area contributed by atoms with E-state index in [0.717, 1.165) is 32.1 Å². The first kappa shape index (κ1) is 18.2. The van der Waals surface area contributed by atoms with E-state index in [-0.39, 0.29) is 24.0 Å². The molecule has 0 bridgehead atoms. The van der Waals surface area contributed by atoms with Gasteiger partial charge in [0.25, 0.3) is 0 Å². The topological polar surface area (TPSA) is 75.6 Å². The number of carboxylic acid groups (broad SMARTS) is 1. The number of nitrogens with one attached hydrogen (secondary N) is 1.